The lowest BCUT2D eigenvalue weighted by Crippen LogP contribution is -1.99. The molecule has 1 aliphatic carbocycles. The van der Waals surface area contributed by atoms with Crippen LogP contribution in [0.25, 0.3) is 0 Å². The van der Waals surface area contributed by atoms with Crippen LogP contribution in [0.1, 0.15) is 44.9 Å². The molecule has 0 aliphatic heterocycles. The van der Waals surface area contributed by atoms with E-state index in [0.29, 0.717) is 15.6 Å². The monoisotopic (exact) mass is 324 g/mol. The first kappa shape index (κ1) is 14.1. The van der Waals surface area contributed by atoms with Crippen molar-refractivity contribution in [2.75, 3.05) is 0 Å². The molecular formula is C16H14Cl2OS. The number of fused-ring (bicyclic) bond motifs is 1. The number of hydrogen-bond acceptors (Lipinski definition) is 2. The highest BCUT2D eigenvalue weighted by Gasteiger charge is 2.19. The fourth-order valence-corrected chi connectivity index (χ4v) is 4.17. The summed E-state index contributed by atoms with van der Waals surface area (Å²) in [6.07, 6.45) is 5.90. The third kappa shape index (κ3) is 2.78. The molecule has 0 unspecified atom stereocenters. The number of carbonyl (C=O) groups is 1. The van der Waals surface area contributed by atoms with Gasteiger partial charge in [0, 0.05) is 15.5 Å². The van der Waals surface area contributed by atoms with Gasteiger partial charge >= 0.3 is 0 Å². The number of rotatable bonds is 2. The number of ketones is 1. The molecule has 0 radical (unpaired) electrons. The van der Waals surface area contributed by atoms with Crippen LogP contribution in [-0.2, 0) is 12.8 Å². The quantitative estimate of drug-likeness (QED) is 0.522. The molecule has 0 saturated heterocycles. The molecule has 0 amide bonds. The van der Waals surface area contributed by atoms with E-state index in [1.807, 2.05) is 6.07 Å². The Morgan fingerprint density at radius 3 is 2.70 bits per heavy atom. The van der Waals surface area contributed by atoms with Gasteiger partial charge in [0.2, 0.25) is 5.78 Å². The SMILES string of the molecule is O=C(c1cc2c(s1)CCCCC2)c1cc(Cl)ccc1Cl. The molecule has 4 heteroatoms. The van der Waals surface area contributed by atoms with Crippen LogP contribution in [0.3, 0.4) is 0 Å². The Kier molecular flexibility index (Phi) is 4.16. The van der Waals surface area contributed by atoms with Gasteiger partial charge in [-0.05, 0) is 55.5 Å². The van der Waals surface area contributed by atoms with E-state index in [-0.39, 0.29) is 5.78 Å². The summed E-state index contributed by atoms with van der Waals surface area (Å²) < 4.78 is 0. The minimum atomic E-state index is -0.0180. The molecule has 1 aromatic carbocycles. The molecule has 1 aromatic heterocycles. The summed E-state index contributed by atoms with van der Waals surface area (Å²) >= 11 is 13.7. The van der Waals surface area contributed by atoms with E-state index in [1.165, 1.54) is 29.7 Å². The summed E-state index contributed by atoms with van der Waals surface area (Å²) in [5.74, 6) is -0.0180. The number of halogens is 2. The topological polar surface area (TPSA) is 17.1 Å². The standard InChI is InChI=1S/C16H14Cl2OS/c17-11-6-7-13(18)12(9-11)16(19)15-8-10-4-2-1-3-5-14(10)20-15/h6-9H,1-5H2. The van der Waals surface area contributed by atoms with Gasteiger partial charge in [-0.3, -0.25) is 4.79 Å². The van der Waals surface area contributed by atoms with Crippen molar-refractivity contribution in [2.45, 2.75) is 32.1 Å². The zero-order chi connectivity index (χ0) is 14.1. The fraction of sp³-hybridized carbons (Fsp3) is 0.312. The second kappa shape index (κ2) is 5.88. The number of carbonyl (C=O) groups excluding carboxylic acids is 1. The molecule has 20 heavy (non-hydrogen) atoms. The van der Waals surface area contributed by atoms with Crippen molar-refractivity contribution in [1.29, 1.82) is 0 Å². The molecular weight excluding hydrogens is 311 g/mol. The van der Waals surface area contributed by atoms with Gasteiger partial charge in [0.05, 0.1) is 9.90 Å². The maximum Gasteiger partial charge on any atom is 0.204 e. The largest absolute Gasteiger partial charge is 0.288 e. The minimum absolute atomic E-state index is 0.0180. The van der Waals surface area contributed by atoms with Gasteiger partial charge in [-0.2, -0.15) is 0 Å². The third-order valence-electron chi connectivity index (χ3n) is 3.64. The summed E-state index contributed by atoms with van der Waals surface area (Å²) in [5, 5.41) is 0.999. The second-order valence-electron chi connectivity index (χ2n) is 5.07. The molecule has 0 spiro atoms. The van der Waals surface area contributed by atoms with Crippen LogP contribution >= 0.6 is 34.5 Å². The molecule has 1 nitrogen and oxygen atoms in total. The molecule has 3 rings (SSSR count). The van der Waals surface area contributed by atoms with Crippen LogP contribution in [0.4, 0.5) is 0 Å². The minimum Gasteiger partial charge on any atom is -0.288 e. The maximum absolute atomic E-state index is 12.6. The molecule has 1 aliphatic rings. The smallest absolute Gasteiger partial charge is 0.204 e. The van der Waals surface area contributed by atoms with Crippen molar-refractivity contribution < 1.29 is 4.79 Å². The first-order valence-electron chi connectivity index (χ1n) is 6.76. The van der Waals surface area contributed by atoms with Crippen LogP contribution in [0.2, 0.25) is 10.0 Å². The Morgan fingerprint density at radius 2 is 1.85 bits per heavy atom. The third-order valence-corrected chi connectivity index (χ3v) is 5.44. The molecule has 0 bridgehead atoms. The van der Waals surface area contributed by atoms with Gasteiger partial charge < -0.3 is 0 Å². The number of hydrogen-bond donors (Lipinski definition) is 0. The van der Waals surface area contributed by atoms with Crippen LogP contribution in [0, 0.1) is 0 Å². The Morgan fingerprint density at radius 1 is 1.05 bits per heavy atom. The molecule has 1 heterocycles. The van der Waals surface area contributed by atoms with Gasteiger partial charge in [-0.15, -0.1) is 11.3 Å². The van der Waals surface area contributed by atoms with Crippen molar-refractivity contribution >= 4 is 40.3 Å². The highest BCUT2D eigenvalue weighted by molar-refractivity contribution is 7.14. The average molecular weight is 325 g/mol. The lowest BCUT2D eigenvalue weighted by atomic mass is 10.1. The lowest BCUT2D eigenvalue weighted by molar-refractivity contribution is 0.104. The predicted molar refractivity (Wildman–Crippen MR) is 85.5 cm³/mol. The van der Waals surface area contributed by atoms with Crippen LogP contribution in [0.15, 0.2) is 24.3 Å². The van der Waals surface area contributed by atoms with E-state index in [4.69, 9.17) is 23.2 Å². The van der Waals surface area contributed by atoms with Gasteiger partial charge in [0.15, 0.2) is 0 Å². The van der Waals surface area contributed by atoms with Crippen LogP contribution in [0.5, 0.6) is 0 Å². The lowest BCUT2D eigenvalue weighted by Gasteiger charge is -2.02. The molecule has 2 aromatic rings. The number of benzene rings is 1. The molecule has 0 saturated carbocycles. The number of aryl methyl sites for hydroxylation is 2. The van der Waals surface area contributed by atoms with E-state index in [2.05, 4.69) is 0 Å². The summed E-state index contributed by atoms with van der Waals surface area (Å²) in [4.78, 5) is 14.7. The first-order valence-corrected chi connectivity index (χ1v) is 8.34. The fourth-order valence-electron chi connectivity index (χ4n) is 2.58. The zero-order valence-electron chi connectivity index (χ0n) is 10.9. The zero-order valence-corrected chi connectivity index (χ0v) is 13.2. The Balaban J connectivity index is 1.96. The highest BCUT2D eigenvalue weighted by atomic mass is 35.5. The average Bonchev–Trinajstić information content (AvgIpc) is 2.72. The van der Waals surface area contributed by atoms with E-state index >= 15 is 0 Å². The van der Waals surface area contributed by atoms with E-state index in [1.54, 1.807) is 29.5 Å². The maximum atomic E-state index is 12.6. The normalized spacial score (nSPS) is 14.7. The van der Waals surface area contributed by atoms with Crippen LogP contribution < -0.4 is 0 Å². The van der Waals surface area contributed by atoms with E-state index in [9.17, 15) is 4.79 Å². The van der Waals surface area contributed by atoms with Crippen molar-refractivity contribution in [3.63, 3.8) is 0 Å². The van der Waals surface area contributed by atoms with Gasteiger partial charge in [-0.25, -0.2) is 0 Å². The molecule has 0 atom stereocenters. The van der Waals surface area contributed by atoms with Gasteiger partial charge in [0.25, 0.3) is 0 Å². The molecule has 0 N–H and O–H groups in total. The van der Waals surface area contributed by atoms with Crippen molar-refractivity contribution in [3.05, 3.63) is 55.2 Å². The van der Waals surface area contributed by atoms with Crippen molar-refractivity contribution in [3.8, 4) is 0 Å². The van der Waals surface area contributed by atoms with Gasteiger partial charge in [0.1, 0.15) is 0 Å². The van der Waals surface area contributed by atoms with Crippen molar-refractivity contribution in [1.82, 2.24) is 0 Å². The first-order chi connectivity index (χ1) is 9.65. The second-order valence-corrected chi connectivity index (χ2v) is 7.05. The summed E-state index contributed by atoms with van der Waals surface area (Å²) in [7, 11) is 0. The summed E-state index contributed by atoms with van der Waals surface area (Å²) in [5.41, 5.74) is 1.84. The van der Waals surface area contributed by atoms with E-state index in [0.717, 1.165) is 17.7 Å². The summed E-state index contributed by atoms with van der Waals surface area (Å²) in [6, 6.07) is 7.07. The Hall–Kier alpha value is -0.830. The Labute approximate surface area is 132 Å². The van der Waals surface area contributed by atoms with Crippen LogP contribution in [-0.4, -0.2) is 5.78 Å². The van der Waals surface area contributed by atoms with Crippen molar-refractivity contribution in [2.24, 2.45) is 0 Å². The van der Waals surface area contributed by atoms with E-state index < -0.39 is 0 Å². The molecule has 0 fully saturated rings. The highest BCUT2D eigenvalue weighted by Crippen LogP contribution is 2.32. The van der Waals surface area contributed by atoms with Gasteiger partial charge in [-0.1, -0.05) is 29.6 Å². The number of thiophene rings is 1. The predicted octanol–water partition coefficient (Wildman–Crippen LogP) is 5.55. The molecule has 104 valence electrons. The summed E-state index contributed by atoms with van der Waals surface area (Å²) in [6.45, 7) is 0. The Bertz CT molecular complexity index is 637.